The number of nitrogens with zero attached hydrogens (tertiary/aromatic N) is 4. The molecule has 0 saturated carbocycles. The summed E-state index contributed by atoms with van der Waals surface area (Å²) in [7, 11) is 1.77. The minimum Gasteiger partial charge on any atom is -0.364 e. The highest BCUT2D eigenvalue weighted by Gasteiger charge is 2.20. The molecule has 0 atom stereocenters. The molecule has 1 fully saturated rings. The average molecular weight is 494 g/mol. The Labute approximate surface area is 174 Å². The zero-order valence-corrected chi connectivity index (χ0v) is 17.6. The van der Waals surface area contributed by atoms with Crippen LogP contribution in [0.15, 0.2) is 40.0 Å². The lowest BCUT2D eigenvalue weighted by Gasteiger charge is -2.36. The molecule has 0 bridgehead atoms. The van der Waals surface area contributed by atoms with Crippen LogP contribution in [0.3, 0.4) is 0 Å². The lowest BCUT2D eigenvalue weighted by Crippen LogP contribution is -2.52. The number of benzene rings is 1. The average Bonchev–Trinajstić information content (AvgIpc) is 3.13. The molecule has 0 spiro atoms. The highest BCUT2D eigenvalue weighted by atomic mass is 127. The number of nitrogens with one attached hydrogen (secondary N) is 1. The second-order valence-corrected chi connectivity index (χ2v) is 6.31. The smallest absolute Gasteiger partial charge is 0.194 e. The molecule has 0 unspecified atom stereocenters. The quantitative estimate of drug-likeness (QED) is 0.403. The van der Waals surface area contributed by atoms with Gasteiger partial charge in [0.1, 0.15) is 12.1 Å². The van der Waals surface area contributed by atoms with Gasteiger partial charge in [0.2, 0.25) is 0 Å². The van der Waals surface area contributed by atoms with Crippen molar-refractivity contribution in [2.75, 3.05) is 33.2 Å². The Balaban J connectivity index is 0.00000243. The van der Waals surface area contributed by atoms with E-state index in [2.05, 4.69) is 25.3 Å². The number of aromatic nitrogens is 1. The van der Waals surface area contributed by atoms with E-state index in [9.17, 15) is 4.39 Å². The molecule has 142 valence electrons. The lowest BCUT2D eigenvalue weighted by atomic mass is 10.2. The van der Waals surface area contributed by atoms with Crippen LogP contribution in [0.25, 0.3) is 0 Å². The molecule has 0 amide bonds. The topological polar surface area (TPSA) is 56.9 Å². The van der Waals surface area contributed by atoms with Gasteiger partial charge in [-0.2, -0.15) is 0 Å². The van der Waals surface area contributed by atoms with Crippen molar-refractivity contribution in [1.29, 1.82) is 0 Å². The normalized spacial score (nSPS) is 15.7. The van der Waals surface area contributed by atoms with Crippen molar-refractivity contribution in [2.24, 2.45) is 4.99 Å². The molecule has 9 heteroatoms. The van der Waals surface area contributed by atoms with Crippen LogP contribution in [-0.2, 0) is 13.1 Å². The summed E-state index contributed by atoms with van der Waals surface area (Å²) in [6.45, 7) is 4.95. The van der Waals surface area contributed by atoms with Gasteiger partial charge in [-0.1, -0.05) is 22.8 Å². The van der Waals surface area contributed by atoms with Gasteiger partial charge in [-0.15, -0.1) is 24.0 Å². The van der Waals surface area contributed by atoms with E-state index in [-0.39, 0.29) is 29.0 Å². The van der Waals surface area contributed by atoms with Crippen molar-refractivity contribution in [3.63, 3.8) is 0 Å². The van der Waals surface area contributed by atoms with Crippen LogP contribution in [0, 0.1) is 5.82 Å². The monoisotopic (exact) mass is 493 g/mol. The number of piperazine rings is 1. The van der Waals surface area contributed by atoms with Gasteiger partial charge >= 0.3 is 0 Å². The first-order valence-electron chi connectivity index (χ1n) is 8.17. The van der Waals surface area contributed by atoms with E-state index < -0.39 is 5.82 Å². The maximum absolute atomic E-state index is 13.2. The molecule has 26 heavy (non-hydrogen) atoms. The van der Waals surface area contributed by atoms with Crippen LogP contribution < -0.4 is 5.32 Å². The molecule has 1 saturated heterocycles. The molecule has 1 aromatic heterocycles. The molecule has 2 aromatic rings. The molecule has 6 nitrogen and oxygen atoms in total. The largest absolute Gasteiger partial charge is 0.364 e. The van der Waals surface area contributed by atoms with Crippen molar-refractivity contribution in [1.82, 2.24) is 20.3 Å². The predicted molar refractivity (Wildman–Crippen MR) is 110 cm³/mol. The summed E-state index contributed by atoms with van der Waals surface area (Å²) in [5.74, 6) is 0.430. The Morgan fingerprint density at radius 2 is 2.08 bits per heavy atom. The van der Waals surface area contributed by atoms with Gasteiger partial charge in [0.25, 0.3) is 0 Å². The minimum absolute atomic E-state index is 0. The van der Waals surface area contributed by atoms with E-state index in [4.69, 9.17) is 16.1 Å². The Kier molecular flexibility index (Phi) is 8.11. The maximum Gasteiger partial charge on any atom is 0.194 e. The molecular weight excluding hydrogens is 472 g/mol. The van der Waals surface area contributed by atoms with Crippen molar-refractivity contribution >= 4 is 41.5 Å². The van der Waals surface area contributed by atoms with Crippen molar-refractivity contribution in [3.05, 3.63) is 52.6 Å². The summed E-state index contributed by atoms with van der Waals surface area (Å²) >= 11 is 5.83. The Morgan fingerprint density at radius 3 is 2.69 bits per heavy atom. The minimum atomic E-state index is -0.405. The fraction of sp³-hybridized carbons (Fsp3) is 0.412. The van der Waals surface area contributed by atoms with Gasteiger partial charge in [0.15, 0.2) is 5.96 Å². The molecule has 0 radical (unpaired) electrons. The van der Waals surface area contributed by atoms with E-state index in [0.29, 0.717) is 6.54 Å². The summed E-state index contributed by atoms with van der Waals surface area (Å²) < 4.78 is 18.1. The Morgan fingerprint density at radius 1 is 1.31 bits per heavy atom. The van der Waals surface area contributed by atoms with Crippen LogP contribution in [0.2, 0.25) is 5.02 Å². The second kappa shape index (κ2) is 10.1. The summed E-state index contributed by atoms with van der Waals surface area (Å²) in [6.07, 6.45) is 1.60. The van der Waals surface area contributed by atoms with Gasteiger partial charge in [-0.05, 0) is 17.7 Å². The highest BCUT2D eigenvalue weighted by Crippen LogP contribution is 2.16. The van der Waals surface area contributed by atoms with E-state index in [1.165, 1.54) is 6.07 Å². The summed E-state index contributed by atoms with van der Waals surface area (Å²) in [4.78, 5) is 8.89. The molecule has 0 aliphatic carbocycles. The second-order valence-electron chi connectivity index (χ2n) is 5.90. The summed E-state index contributed by atoms with van der Waals surface area (Å²) in [5, 5.41) is 7.40. The first-order chi connectivity index (χ1) is 12.2. The van der Waals surface area contributed by atoms with E-state index in [1.807, 2.05) is 6.07 Å². The van der Waals surface area contributed by atoms with Gasteiger partial charge in [-0.3, -0.25) is 9.89 Å². The molecule has 2 heterocycles. The van der Waals surface area contributed by atoms with E-state index in [1.54, 1.807) is 25.4 Å². The molecule has 1 N–H and O–H groups in total. The third kappa shape index (κ3) is 5.55. The fourth-order valence-electron chi connectivity index (χ4n) is 2.83. The third-order valence-electron chi connectivity index (χ3n) is 4.20. The number of hydrogen-bond donors (Lipinski definition) is 1. The molecular formula is C17H22ClFIN5O. The highest BCUT2D eigenvalue weighted by molar-refractivity contribution is 14.0. The van der Waals surface area contributed by atoms with E-state index in [0.717, 1.165) is 49.9 Å². The van der Waals surface area contributed by atoms with Crippen LogP contribution in [0.4, 0.5) is 4.39 Å². The zero-order chi connectivity index (χ0) is 17.6. The lowest BCUT2D eigenvalue weighted by molar-refractivity contribution is 0.169. The number of guanidine groups is 1. The summed E-state index contributed by atoms with van der Waals surface area (Å²) in [5.41, 5.74) is 1.86. The number of hydrogen-bond acceptors (Lipinski definition) is 4. The first kappa shape index (κ1) is 20.9. The zero-order valence-electron chi connectivity index (χ0n) is 14.5. The van der Waals surface area contributed by atoms with Gasteiger partial charge in [-0.25, -0.2) is 4.39 Å². The Bertz CT molecular complexity index is 720. The molecule has 3 rings (SSSR count). The van der Waals surface area contributed by atoms with Crippen LogP contribution in [0.5, 0.6) is 0 Å². The third-order valence-corrected chi connectivity index (χ3v) is 4.48. The predicted octanol–water partition coefficient (Wildman–Crippen LogP) is 2.98. The standard InChI is InChI=1S/C17H21ClFN5O.HI/c1-20-17(21-11-13-2-3-16(19)15(18)10-13)24-7-5-23(6-8-24)12-14-4-9-25-22-14;/h2-4,9-10H,5-8,11-12H2,1H3,(H,20,21);1H. The molecule has 1 aromatic carbocycles. The summed E-state index contributed by atoms with van der Waals surface area (Å²) in [6, 6.07) is 6.62. The molecule has 1 aliphatic rings. The van der Waals surface area contributed by atoms with Crippen LogP contribution in [-0.4, -0.2) is 54.1 Å². The SMILES string of the molecule is CN=C(NCc1ccc(F)c(Cl)c1)N1CCN(Cc2ccon2)CC1.I. The van der Waals surface area contributed by atoms with Gasteiger partial charge < -0.3 is 14.7 Å². The number of rotatable bonds is 4. The molecule has 1 aliphatic heterocycles. The Hall–Kier alpha value is -1.39. The van der Waals surface area contributed by atoms with E-state index >= 15 is 0 Å². The van der Waals surface area contributed by atoms with Crippen molar-refractivity contribution < 1.29 is 8.91 Å². The van der Waals surface area contributed by atoms with Crippen molar-refractivity contribution in [3.8, 4) is 0 Å². The fourth-order valence-corrected chi connectivity index (χ4v) is 3.03. The van der Waals surface area contributed by atoms with Crippen LogP contribution in [0.1, 0.15) is 11.3 Å². The maximum atomic E-state index is 13.2. The van der Waals surface area contributed by atoms with Crippen molar-refractivity contribution in [2.45, 2.75) is 13.1 Å². The first-order valence-corrected chi connectivity index (χ1v) is 8.54. The number of halogens is 3. The van der Waals surface area contributed by atoms with Gasteiger partial charge in [0, 0.05) is 52.4 Å². The van der Waals surface area contributed by atoms with Gasteiger partial charge in [0.05, 0.1) is 10.7 Å². The number of aliphatic imine (C=N–C) groups is 1. The van der Waals surface area contributed by atoms with Crippen LogP contribution >= 0.6 is 35.6 Å².